The van der Waals surface area contributed by atoms with Gasteiger partial charge >= 0.3 is 0 Å². The number of thiazole rings is 1. The maximum absolute atomic E-state index is 12.4. The van der Waals surface area contributed by atoms with Gasteiger partial charge in [-0.05, 0) is 37.8 Å². The highest BCUT2D eigenvalue weighted by Crippen LogP contribution is 2.26. The summed E-state index contributed by atoms with van der Waals surface area (Å²) >= 11 is 1.53. The molecule has 5 nitrogen and oxygen atoms in total. The Balaban J connectivity index is 1.47. The minimum absolute atomic E-state index is 0.00678. The Labute approximate surface area is 165 Å². The van der Waals surface area contributed by atoms with E-state index in [0.29, 0.717) is 25.5 Å². The van der Waals surface area contributed by atoms with Crippen molar-refractivity contribution in [2.24, 2.45) is 11.7 Å². The summed E-state index contributed by atoms with van der Waals surface area (Å²) in [6, 6.07) is 8.03. The van der Waals surface area contributed by atoms with Gasteiger partial charge in [0.2, 0.25) is 5.91 Å². The number of amides is 1. The fourth-order valence-corrected chi connectivity index (χ4v) is 4.31. The molecule has 1 amide bonds. The van der Waals surface area contributed by atoms with E-state index in [1.54, 1.807) is 0 Å². The molecule has 1 aliphatic carbocycles. The zero-order valence-electron chi connectivity index (χ0n) is 15.9. The second-order valence-electron chi connectivity index (χ2n) is 7.32. The number of nitrogens with zero attached hydrogens (tertiary/aromatic N) is 1. The molecule has 146 valence electrons. The van der Waals surface area contributed by atoms with Crippen molar-refractivity contribution in [3.8, 4) is 5.75 Å². The standard InChI is InChI=1S/C21H29N3O2S/c1-15-7-9-18(10-8-15)26-13-21-23-17(14-27-21)11-20(25)24-19(12-22)16-5-3-2-4-6-16/h7-10,14,16,19H,2-6,11-13,22H2,1H3,(H,24,25). The van der Waals surface area contributed by atoms with Crippen molar-refractivity contribution in [3.63, 3.8) is 0 Å². The molecular weight excluding hydrogens is 358 g/mol. The molecule has 1 saturated carbocycles. The average molecular weight is 388 g/mol. The van der Waals surface area contributed by atoms with E-state index in [2.05, 4.69) is 10.3 Å². The summed E-state index contributed by atoms with van der Waals surface area (Å²) in [5.41, 5.74) is 7.90. The van der Waals surface area contributed by atoms with Crippen molar-refractivity contribution in [2.45, 2.75) is 58.1 Å². The van der Waals surface area contributed by atoms with Crippen LogP contribution in [0.25, 0.3) is 0 Å². The zero-order valence-corrected chi connectivity index (χ0v) is 16.8. The lowest BCUT2D eigenvalue weighted by atomic mass is 9.84. The minimum Gasteiger partial charge on any atom is -0.486 e. The van der Waals surface area contributed by atoms with Crippen molar-refractivity contribution >= 4 is 17.2 Å². The lowest BCUT2D eigenvalue weighted by Gasteiger charge is -2.30. The summed E-state index contributed by atoms with van der Waals surface area (Å²) in [6.07, 6.45) is 6.41. The van der Waals surface area contributed by atoms with Crippen molar-refractivity contribution in [3.05, 3.63) is 45.9 Å². The van der Waals surface area contributed by atoms with E-state index >= 15 is 0 Å². The maximum Gasteiger partial charge on any atom is 0.226 e. The molecule has 2 aromatic rings. The number of hydrogen-bond donors (Lipinski definition) is 2. The molecule has 1 aliphatic rings. The van der Waals surface area contributed by atoms with Crippen LogP contribution in [-0.4, -0.2) is 23.5 Å². The molecule has 27 heavy (non-hydrogen) atoms. The number of benzene rings is 1. The highest BCUT2D eigenvalue weighted by molar-refractivity contribution is 7.09. The number of aryl methyl sites for hydroxylation is 1. The zero-order chi connectivity index (χ0) is 19.1. The highest BCUT2D eigenvalue weighted by Gasteiger charge is 2.24. The molecule has 0 bridgehead atoms. The highest BCUT2D eigenvalue weighted by atomic mass is 32.1. The quantitative estimate of drug-likeness (QED) is 0.725. The number of nitrogens with one attached hydrogen (secondary N) is 1. The summed E-state index contributed by atoms with van der Waals surface area (Å²) in [4.78, 5) is 16.9. The average Bonchev–Trinajstić information content (AvgIpc) is 3.13. The topological polar surface area (TPSA) is 77.2 Å². The van der Waals surface area contributed by atoms with Gasteiger partial charge in [-0.3, -0.25) is 4.79 Å². The van der Waals surface area contributed by atoms with Gasteiger partial charge in [0.05, 0.1) is 12.1 Å². The molecule has 3 N–H and O–H groups in total. The van der Waals surface area contributed by atoms with Crippen molar-refractivity contribution < 1.29 is 9.53 Å². The van der Waals surface area contributed by atoms with E-state index in [0.717, 1.165) is 16.5 Å². The predicted octanol–water partition coefficient (Wildman–Crippen LogP) is 3.60. The molecule has 6 heteroatoms. The predicted molar refractivity (Wildman–Crippen MR) is 109 cm³/mol. The summed E-state index contributed by atoms with van der Waals surface area (Å²) in [5, 5.41) is 5.94. The van der Waals surface area contributed by atoms with Gasteiger partial charge in [0.1, 0.15) is 17.4 Å². The fraction of sp³-hybridized carbons (Fsp3) is 0.524. The molecule has 1 aromatic heterocycles. The number of nitrogens with two attached hydrogens (primary N) is 1. The summed E-state index contributed by atoms with van der Waals surface area (Å²) < 4.78 is 5.76. The van der Waals surface area contributed by atoms with Gasteiger partial charge in [-0.15, -0.1) is 11.3 Å². The first kappa shape index (κ1) is 19.8. The van der Waals surface area contributed by atoms with Crippen LogP contribution < -0.4 is 15.8 Å². The first-order valence-corrected chi connectivity index (χ1v) is 10.6. The van der Waals surface area contributed by atoms with Crippen LogP contribution in [-0.2, 0) is 17.8 Å². The van der Waals surface area contributed by atoms with Crippen LogP contribution in [0.5, 0.6) is 5.75 Å². The third kappa shape index (κ3) is 6.04. The van der Waals surface area contributed by atoms with Gasteiger partial charge in [-0.1, -0.05) is 37.0 Å². The Hall–Kier alpha value is -1.92. The number of carbonyl (C=O) groups excluding carboxylic acids is 1. The van der Waals surface area contributed by atoms with E-state index in [1.165, 1.54) is 49.0 Å². The van der Waals surface area contributed by atoms with Gasteiger partial charge in [0.25, 0.3) is 0 Å². The van der Waals surface area contributed by atoms with Crippen molar-refractivity contribution in [1.82, 2.24) is 10.3 Å². The molecule has 0 saturated heterocycles. The summed E-state index contributed by atoms with van der Waals surface area (Å²) in [5.74, 6) is 1.35. The number of rotatable bonds is 8. The first-order valence-electron chi connectivity index (χ1n) is 9.76. The Bertz CT molecular complexity index is 723. The van der Waals surface area contributed by atoms with Gasteiger partial charge in [-0.2, -0.15) is 0 Å². The van der Waals surface area contributed by atoms with Crippen LogP contribution in [0.2, 0.25) is 0 Å². The van der Waals surface area contributed by atoms with Crippen LogP contribution in [0, 0.1) is 12.8 Å². The SMILES string of the molecule is Cc1ccc(OCc2nc(CC(=O)NC(CN)C3CCCCC3)cs2)cc1. The Morgan fingerprint density at radius 1 is 1.30 bits per heavy atom. The summed E-state index contributed by atoms with van der Waals surface area (Å²) in [7, 11) is 0. The van der Waals surface area contributed by atoms with Gasteiger partial charge < -0.3 is 15.8 Å². The van der Waals surface area contributed by atoms with Crippen molar-refractivity contribution in [1.29, 1.82) is 0 Å². The monoisotopic (exact) mass is 387 g/mol. The molecule has 1 heterocycles. The van der Waals surface area contributed by atoms with Gasteiger partial charge in [-0.25, -0.2) is 4.98 Å². The molecule has 0 aliphatic heterocycles. The van der Waals surface area contributed by atoms with Crippen LogP contribution in [0.3, 0.4) is 0 Å². The third-order valence-electron chi connectivity index (χ3n) is 5.14. The molecule has 1 atom stereocenters. The van der Waals surface area contributed by atoms with E-state index in [-0.39, 0.29) is 11.9 Å². The van der Waals surface area contributed by atoms with E-state index in [1.807, 2.05) is 36.6 Å². The van der Waals surface area contributed by atoms with Crippen LogP contribution in [0.4, 0.5) is 0 Å². The number of hydrogen-bond acceptors (Lipinski definition) is 5. The lowest BCUT2D eigenvalue weighted by Crippen LogP contribution is -2.46. The molecule has 0 radical (unpaired) electrons. The van der Waals surface area contributed by atoms with Crippen LogP contribution in [0.1, 0.15) is 48.4 Å². The number of aromatic nitrogens is 1. The van der Waals surface area contributed by atoms with E-state index < -0.39 is 0 Å². The van der Waals surface area contributed by atoms with E-state index in [9.17, 15) is 4.79 Å². The minimum atomic E-state index is 0.00678. The smallest absolute Gasteiger partial charge is 0.226 e. The summed E-state index contributed by atoms with van der Waals surface area (Å²) in [6.45, 7) is 2.97. The van der Waals surface area contributed by atoms with Crippen LogP contribution >= 0.6 is 11.3 Å². The van der Waals surface area contributed by atoms with Gasteiger partial charge in [0, 0.05) is 18.0 Å². The lowest BCUT2D eigenvalue weighted by molar-refractivity contribution is -0.121. The fourth-order valence-electron chi connectivity index (χ4n) is 3.60. The normalized spacial score (nSPS) is 16.1. The molecule has 1 unspecified atom stereocenters. The number of ether oxygens (including phenoxy) is 1. The Morgan fingerprint density at radius 3 is 2.74 bits per heavy atom. The largest absolute Gasteiger partial charge is 0.486 e. The maximum atomic E-state index is 12.4. The third-order valence-corrected chi connectivity index (χ3v) is 6.01. The molecular formula is C21H29N3O2S. The Morgan fingerprint density at radius 2 is 2.04 bits per heavy atom. The van der Waals surface area contributed by atoms with Crippen LogP contribution in [0.15, 0.2) is 29.6 Å². The van der Waals surface area contributed by atoms with Gasteiger partial charge in [0.15, 0.2) is 0 Å². The molecule has 0 spiro atoms. The first-order chi connectivity index (χ1) is 13.1. The van der Waals surface area contributed by atoms with E-state index in [4.69, 9.17) is 10.5 Å². The number of carbonyl (C=O) groups is 1. The molecule has 1 fully saturated rings. The second kappa shape index (κ2) is 9.85. The molecule has 1 aromatic carbocycles. The second-order valence-corrected chi connectivity index (χ2v) is 8.26. The molecule has 3 rings (SSSR count). The van der Waals surface area contributed by atoms with Crippen molar-refractivity contribution in [2.75, 3.05) is 6.54 Å². The Kier molecular flexibility index (Phi) is 7.24.